The fraction of sp³-hybridized carbons (Fsp3) is 0.444. The third kappa shape index (κ3) is 4.26. The molecular weight excluding hydrogens is 320 g/mol. The molecule has 2 amide bonds. The van der Waals surface area contributed by atoms with Gasteiger partial charge in [0.15, 0.2) is 5.13 Å². The molecule has 0 saturated carbocycles. The number of carbonyl (C=O) groups excluding carboxylic acids is 1. The summed E-state index contributed by atoms with van der Waals surface area (Å²) in [6, 6.07) is 8.32. The summed E-state index contributed by atoms with van der Waals surface area (Å²) in [6.07, 6.45) is 2.06. The van der Waals surface area contributed by atoms with Crippen molar-refractivity contribution in [3.63, 3.8) is 0 Å². The number of aryl methyl sites for hydroxylation is 2. The monoisotopic (exact) mass is 344 g/mol. The lowest BCUT2D eigenvalue weighted by Crippen LogP contribution is -2.42. The first-order valence-corrected chi connectivity index (χ1v) is 9.27. The zero-order chi connectivity index (χ0) is 16.9. The minimum atomic E-state index is -0.0327. The van der Waals surface area contributed by atoms with Gasteiger partial charge in [0.25, 0.3) is 0 Å². The van der Waals surface area contributed by atoms with Gasteiger partial charge in [0.2, 0.25) is 0 Å². The molecule has 5 nitrogen and oxygen atoms in total. The third-order valence-corrected chi connectivity index (χ3v) is 5.34. The van der Waals surface area contributed by atoms with Gasteiger partial charge < -0.3 is 10.2 Å². The maximum atomic E-state index is 12.3. The van der Waals surface area contributed by atoms with Gasteiger partial charge >= 0.3 is 6.03 Å². The van der Waals surface area contributed by atoms with Crippen LogP contribution in [-0.2, 0) is 0 Å². The number of carbonyl (C=O) groups is 1. The second-order valence-electron chi connectivity index (χ2n) is 6.35. The van der Waals surface area contributed by atoms with E-state index in [1.165, 1.54) is 22.6 Å². The topological polar surface area (TPSA) is 57.3 Å². The summed E-state index contributed by atoms with van der Waals surface area (Å²) < 4.78 is 0. The molecule has 3 rings (SSSR count). The molecule has 1 saturated heterocycles. The van der Waals surface area contributed by atoms with Crippen LogP contribution in [0.15, 0.2) is 29.6 Å². The van der Waals surface area contributed by atoms with Gasteiger partial charge in [-0.1, -0.05) is 18.2 Å². The quantitative estimate of drug-likeness (QED) is 0.877. The summed E-state index contributed by atoms with van der Waals surface area (Å²) in [4.78, 5) is 18.4. The molecule has 0 radical (unpaired) electrons. The average molecular weight is 344 g/mol. The molecule has 1 aromatic heterocycles. The molecule has 2 aromatic rings. The molecule has 1 aliphatic rings. The summed E-state index contributed by atoms with van der Waals surface area (Å²) in [5, 5.41) is 9.06. The Bertz CT molecular complexity index is 692. The van der Waals surface area contributed by atoms with Crippen LogP contribution in [0.25, 0.3) is 0 Å². The molecule has 24 heavy (non-hydrogen) atoms. The van der Waals surface area contributed by atoms with Crippen LogP contribution in [0.5, 0.6) is 0 Å². The van der Waals surface area contributed by atoms with Gasteiger partial charge in [-0.25, -0.2) is 9.78 Å². The van der Waals surface area contributed by atoms with E-state index in [4.69, 9.17) is 0 Å². The predicted octanol–water partition coefficient (Wildman–Crippen LogP) is 4.12. The fourth-order valence-corrected chi connectivity index (χ4v) is 3.63. The highest BCUT2D eigenvalue weighted by Crippen LogP contribution is 2.21. The number of aromatic nitrogens is 1. The van der Waals surface area contributed by atoms with Crippen LogP contribution in [-0.4, -0.2) is 35.5 Å². The minimum Gasteiger partial charge on any atom is -0.385 e. The van der Waals surface area contributed by atoms with E-state index in [1.807, 2.05) is 17.2 Å². The normalized spacial score (nSPS) is 15.3. The molecule has 0 bridgehead atoms. The summed E-state index contributed by atoms with van der Waals surface area (Å²) in [5.41, 5.74) is 3.42. The zero-order valence-electron chi connectivity index (χ0n) is 14.2. The Morgan fingerprint density at radius 3 is 2.71 bits per heavy atom. The number of urea groups is 1. The maximum Gasteiger partial charge on any atom is 0.323 e. The SMILES string of the molecule is Cc1csc(NC(=O)N2CCC(CNc3ccccc3C)CC2)n1. The smallest absolute Gasteiger partial charge is 0.323 e. The largest absolute Gasteiger partial charge is 0.385 e. The van der Waals surface area contributed by atoms with E-state index in [0.29, 0.717) is 11.0 Å². The second-order valence-corrected chi connectivity index (χ2v) is 7.21. The van der Waals surface area contributed by atoms with Gasteiger partial charge in [0.1, 0.15) is 0 Å². The van der Waals surface area contributed by atoms with Crippen molar-refractivity contribution >= 4 is 28.2 Å². The van der Waals surface area contributed by atoms with Crippen LogP contribution in [0, 0.1) is 19.8 Å². The maximum absolute atomic E-state index is 12.3. The summed E-state index contributed by atoms with van der Waals surface area (Å²) in [6.45, 7) is 6.62. The fourth-order valence-electron chi connectivity index (χ4n) is 2.95. The van der Waals surface area contributed by atoms with Crippen LogP contribution < -0.4 is 10.6 Å². The number of para-hydroxylation sites is 1. The van der Waals surface area contributed by atoms with Crippen LogP contribution in [0.1, 0.15) is 24.1 Å². The van der Waals surface area contributed by atoms with Crippen molar-refractivity contribution in [2.24, 2.45) is 5.92 Å². The van der Waals surface area contributed by atoms with E-state index in [0.717, 1.165) is 38.2 Å². The molecule has 1 aliphatic heterocycles. The molecule has 0 aliphatic carbocycles. The summed E-state index contributed by atoms with van der Waals surface area (Å²) in [5.74, 6) is 0.607. The Kier molecular flexibility index (Phi) is 5.35. The number of piperidine rings is 1. The van der Waals surface area contributed by atoms with Gasteiger partial charge in [-0.05, 0) is 44.2 Å². The number of anilines is 2. The molecule has 0 atom stereocenters. The average Bonchev–Trinajstić information content (AvgIpc) is 2.99. The van der Waals surface area contributed by atoms with Crippen molar-refractivity contribution in [1.29, 1.82) is 0 Å². The van der Waals surface area contributed by atoms with E-state index in [9.17, 15) is 4.79 Å². The zero-order valence-corrected chi connectivity index (χ0v) is 15.0. The Morgan fingerprint density at radius 2 is 2.04 bits per heavy atom. The lowest BCUT2D eigenvalue weighted by Gasteiger charge is -2.32. The molecular formula is C18H24N4OS. The van der Waals surface area contributed by atoms with E-state index in [2.05, 4.69) is 46.8 Å². The third-order valence-electron chi connectivity index (χ3n) is 4.46. The van der Waals surface area contributed by atoms with Crippen molar-refractivity contribution in [3.8, 4) is 0 Å². The molecule has 0 unspecified atom stereocenters. The van der Waals surface area contributed by atoms with E-state index >= 15 is 0 Å². The highest BCUT2D eigenvalue weighted by atomic mass is 32.1. The first-order valence-electron chi connectivity index (χ1n) is 8.39. The Hall–Kier alpha value is -2.08. The lowest BCUT2D eigenvalue weighted by atomic mass is 9.97. The van der Waals surface area contributed by atoms with Crippen molar-refractivity contribution in [3.05, 3.63) is 40.9 Å². The van der Waals surface area contributed by atoms with Crippen LogP contribution >= 0.6 is 11.3 Å². The summed E-state index contributed by atoms with van der Waals surface area (Å²) in [7, 11) is 0. The minimum absolute atomic E-state index is 0.0327. The van der Waals surface area contributed by atoms with E-state index in [-0.39, 0.29) is 6.03 Å². The number of benzene rings is 1. The first-order chi connectivity index (χ1) is 11.6. The number of hydrogen-bond donors (Lipinski definition) is 2. The standard InChI is InChI=1S/C18H24N4OS/c1-13-5-3-4-6-16(13)19-11-15-7-9-22(10-8-15)18(23)21-17-20-14(2)12-24-17/h3-6,12,15,19H,7-11H2,1-2H3,(H,20,21,23). The molecule has 6 heteroatoms. The molecule has 0 spiro atoms. The highest BCUT2D eigenvalue weighted by molar-refractivity contribution is 7.13. The predicted molar refractivity (Wildman–Crippen MR) is 99.8 cm³/mol. The second kappa shape index (κ2) is 7.66. The lowest BCUT2D eigenvalue weighted by molar-refractivity contribution is 0.185. The number of hydrogen-bond acceptors (Lipinski definition) is 4. The Balaban J connectivity index is 1.44. The number of likely N-dealkylation sites (tertiary alicyclic amines) is 1. The van der Waals surface area contributed by atoms with Gasteiger partial charge in [-0.3, -0.25) is 5.32 Å². The first kappa shape index (κ1) is 16.8. The van der Waals surface area contributed by atoms with Gasteiger partial charge in [0.05, 0.1) is 5.69 Å². The number of rotatable bonds is 4. The van der Waals surface area contributed by atoms with Crippen molar-refractivity contribution in [1.82, 2.24) is 9.88 Å². The van der Waals surface area contributed by atoms with E-state index in [1.54, 1.807) is 0 Å². The summed E-state index contributed by atoms with van der Waals surface area (Å²) >= 11 is 1.47. The highest BCUT2D eigenvalue weighted by Gasteiger charge is 2.23. The van der Waals surface area contributed by atoms with Crippen LogP contribution in [0.4, 0.5) is 15.6 Å². The molecule has 128 valence electrons. The van der Waals surface area contributed by atoms with Gasteiger partial charge in [-0.2, -0.15) is 0 Å². The van der Waals surface area contributed by atoms with Gasteiger partial charge in [0, 0.05) is 30.7 Å². The Morgan fingerprint density at radius 1 is 1.29 bits per heavy atom. The van der Waals surface area contributed by atoms with Crippen LogP contribution in [0.3, 0.4) is 0 Å². The number of nitrogens with zero attached hydrogens (tertiary/aromatic N) is 2. The number of thiazole rings is 1. The molecule has 1 fully saturated rings. The molecule has 2 heterocycles. The molecule has 2 N–H and O–H groups in total. The Labute approximate surface area is 147 Å². The van der Waals surface area contributed by atoms with Crippen LogP contribution in [0.2, 0.25) is 0 Å². The van der Waals surface area contributed by atoms with Crippen molar-refractivity contribution in [2.45, 2.75) is 26.7 Å². The number of amides is 2. The van der Waals surface area contributed by atoms with Crippen molar-refractivity contribution in [2.75, 3.05) is 30.3 Å². The van der Waals surface area contributed by atoms with E-state index < -0.39 is 0 Å². The number of nitrogens with one attached hydrogen (secondary N) is 2. The van der Waals surface area contributed by atoms with Gasteiger partial charge in [-0.15, -0.1) is 11.3 Å². The molecule has 1 aromatic carbocycles. The van der Waals surface area contributed by atoms with Crippen molar-refractivity contribution < 1.29 is 4.79 Å².